The third-order valence-electron chi connectivity index (χ3n) is 8.45. The lowest BCUT2D eigenvalue weighted by Gasteiger charge is -2.58. The third-order valence-corrected chi connectivity index (χ3v) is 8.45. The van der Waals surface area contributed by atoms with Crippen LogP contribution in [-0.4, -0.2) is 23.4 Å². The van der Waals surface area contributed by atoms with Crippen molar-refractivity contribution in [3.8, 4) is 0 Å². The number of carbonyl (C=O) groups excluding carboxylic acids is 2. The summed E-state index contributed by atoms with van der Waals surface area (Å²) in [5.74, 6) is 2.37. The Labute approximate surface area is 163 Å². The molecular formula is C23H36N2O2. The molecule has 1 aliphatic heterocycles. The normalized spacial score (nSPS) is 46.1. The highest BCUT2D eigenvalue weighted by atomic mass is 16.2. The Morgan fingerprint density at radius 2 is 1.93 bits per heavy atom. The van der Waals surface area contributed by atoms with Crippen molar-refractivity contribution in [2.24, 2.45) is 34.5 Å². The fraction of sp³-hybridized carbons (Fsp3) is 0.826. The summed E-state index contributed by atoms with van der Waals surface area (Å²) in [4.78, 5) is 25.0. The van der Waals surface area contributed by atoms with Gasteiger partial charge in [-0.15, -0.1) is 0 Å². The van der Waals surface area contributed by atoms with E-state index >= 15 is 0 Å². The van der Waals surface area contributed by atoms with Crippen LogP contribution in [-0.2, 0) is 9.59 Å². The molecule has 2 N–H and O–H groups in total. The first-order chi connectivity index (χ1) is 12.5. The molecule has 3 saturated carbocycles. The van der Waals surface area contributed by atoms with Crippen molar-refractivity contribution in [2.75, 3.05) is 0 Å². The van der Waals surface area contributed by atoms with E-state index in [1.165, 1.54) is 19.3 Å². The third kappa shape index (κ3) is 3.03. The van der Waals surface area contributed by atoms with Crippen LogP contribution >= 0.6 is 0 Å². The van der Waals surface area contributed by atoms with Crippen molar-refractivity contribution in [2.45, 2.75) is 84.7 Å². The van der Waals surface area contributed by atoms with Gasteiger partial charge < -0.3 is 10.6 Å². The van der Waals surface area contributed by atoms with Crippen LogP contribution in [0.3, 0.4) is 0 Å². The zero-order valence-corrected chi connectivity index (χ0v) is 17.6. The topological polar surface area (TPSA) is 58.2 Å². The van der Waals surface area contributed by atoms with E-state index in [0.29, 0.717) is 11.8 Å². The lowest BCUT2D eigenvalue weighted by molar-refractivity contribution is -0.134. The predicted octanol–water partition coefficient (Wildman–Crippen LogP) is 3.81. The molecule has 4 nitrogen and oxygen atoms in total. The van der Waals surface area contributed by atoms with Crippen LogP contribution in [0.15, 0.2) is 12.2 Å². The van der Waals surface area contributed by atoms with Crippen LogP contribution in [0, 0.1) is 34.5 Å². The van der Waals surface area contributed by atoms with Crippen molar-refractivity contribution in [1.29, 1.82) is 0 Å². The Bertz CT molecular complexity index is 678. The summed E-state index contributed by atoms with van der Waals surface area (Å²) in [5.41, 5.74) is -0.0732. The standard InChI is InChI=1S/C23H36N2O2/c1-21(2,3)25-20(27)16-8-7-15-12-14-6-9-18-22(4,11-10-19(26)24-18)17(14)13-23(15,16)5/h10-11,14-18H,6-9,12-13H2,1-5H3,(H,24,26)(H,25,27)/t14-,15-,16+,17+,18+,22+,23+/m0/s1. The number of fused-ring (bicyclic) bond motifs is 4. The van der Waals surface area contributed by atoms with Crippen molar-refractivity contribution in [1.82, 2.24) is 10.6 Å². The highest BCUT2D eigenvalue weighted by Crippen LogP contribution is 2.64. The van der Waals surface area contributed by atoms with Crippen LogP contribution in [0.2, 0.25) is 0 Å². The highest BCUT2D eigenvalue weighted by Gasteiger charge is 2.60. The second kappa shape index (κ2) is 6.09. The van der Waals surface area contributed by atoms with Crippen LogP contribution < -0.4 is 10.6 Å². The first-order valence-corrected chi connectivity index (χ1v) is 10.8. The molecule has 0 aromatic heterocycles. The number of nitrogens with one attached hydrogen (secondary N) is 2. The van der Waals surface area contributed by atoms with E-state index in [2.05, 4.69) is 51.3 Å². The molecule has 150 valence electrons. The number of rotatable bonds is 1. The minimum absolute atomic E-state index is 0.0262. The minimum Gasteiger partial charge on any atom is -0.351 e. The molecule has 0 bridgehead atoms. The lowest BCUT2D eigenvalue weighted by Crippen LogP contribution is -2.59. The maximum atomic E-state index is 13.1. The van der Waals surface area contributed by atoms with E-state index in [1.54, 1.807) is 6.08 Å². The van der Waals surface area contributed by atoms with Crippen molar-refractivity contribution in [3.05, 3.63) is 12.2 Å². The van der Waals surface area contributed by atoms with E-state index < -0.39 is 0 Å². The molecule has 3 fully saturated rings. The molecule has 0 spiro atoms. The fourth-order valence-electron chi connectivity index (χ4n) is 7.00. The van der Waals surface area contributed by atoms with E-state index in [-0.39, 0.29) is 40.1 Å². The van der Waals surface area contributed by atoms with Crippen molar-refractivity contribution in [3.63, 3.8) is 0 Å². The molecule has 0 aromatic rings. The number of hydrogen-bond acceptors (Lipinski definition) is 2. The van der Waals surface area contributed by atoms with E-state index in [4.69, 9.17) is 0 Å². The predicted molar refractivity (Wildman–Crippen MR) is 107 cm³/mol. The first-order valence-electron chi connectivity index (χ1n) is 10.8. The maximum Gasteiger partial charge on any atom is 0.243 e. The van der Waals surface area contributed by atoms with Crippen LogP contribution in [0.4, 0.5) is 0 Å². The Morgan fingerprint density at radius 1 is 1.19 bits per heavy atom. The molecule has 27 heavy (non-hydrogen) atoms. The van der Waals surface area contributed by atoms with Gasteiger partial charge in [-0.1, -0.05) is 19.9 Å². The molecule has 4 aliphatic rings. The number of hydrogen-bond donors (Lipinski definition) is 2. The second-order valence-electron chi connectivity index (χ2n) is 11.2. The Balaban J connectivity index is 1.62. The van der Waals surface area contributed by atoms with Gasteiger partial charge in [0.2, 0.25) is 11.8 Å². The Morgan fingerprint density at radius 3 is 2.63 bits per heavy atom. The molecule has 2 amide bonds. The van der Waals surface area contributed by atoms with Gasteiger partial charge in [-0.25, -0.2) is 0 Å². The van der Waals surface area contributed by atoms with Crippen LogP contribution in [0.1, 0.15) is 73.1 Å². The van der Waals surface area contributed by atoms with Gasteiger partial charge in [0, 0.05) is 22.9 Å². The van der Waals surface area contributed by atoms with Crippen molar-refractivity contribution < 1.29 is 9.59 Å². The summed E-state index contributed by atoms with van der Waals surface area (Å²) in [7, 11) is 0. The molecule has 7 atom stereocenters. The average Bonchev–Trinajstić information content (AvgIpc) is 2.89. The Hall–Kier alpha value is -1.32. The molecule has 0 radical (unpaired) electrons. The van der Waals surface area contributed by atoms with Crippen LogP contribution in [0.25, 0.3) is 0 Å². The summed E-state index contributed by atoms with van der Waals surface area (Å²) in [5, 5.41) is 6.48. The molecule has 0 saturated heterocycles. The molecule has 0 aromatic carbocycles. The van der Waals surface area contributed by atoms with Gasteiger partial charge in [0.15, 0.2) is 0 Å². The second-order valence-corrected chi connectivity index (χ2v) is 11.2. The largest absolute Gasteiger partial charge is 0.351 e. The molecule has 4 rings (SSSR count). The van der Waals surface area contributed by atoms with Gasteiger partial charge in [-0.3, -0.25) is 9.59 Å². The first kappa shape index (κ1) is 19.0. The Kier molecular flexibility index (Phi) is 4.29. The van der Waals surface area contributed by atoms with Gasteiger partial charge in [-0.05, 0) is 88.5 Å². The maximum absolute atomic E-state index is 13.1. The monoisotopic (exact) mass is 372 g/mol. The fourth-order valence-corrected chi connectivity index (χ4v) is 7.00. The molecule has 0 unspecified atom stereocenters. The van der Waals surface area contributed by atoms with Crippen LogP contribution in [0.5, 0.6) is 0 Å². The average molecular weight is 373 g/mol. The smallest absolute Gasteiger partial charge is 0.243 e. The van der Waals surface area contributed by atoms with Crippen molar-refractivity contribution >= 4 is 11.8 Å². The van der Waals surface area contributed by atoms with Gasteiger partial charge in [-0.2, -0.15) is 0 Å². The van der Waals surface area contributed by atoms with Gasteiger partial charge >= 0.3 is 0 Å². The minimum atomic E-state index is -0.180. The summed E-state index contributed by atoms with van der Waals surface area (Å²) >= 11 is 0. The number of amides is 2. The summed E-state index contributed by atoms with van der Waals surface area (Å²) in [6, 6.07) is 0.250. The SMILES string of the molecule is CC(C)(C)NC(=O)[C@H]1CC[C@H]2C[C@@H]3CC[C@H]4NC(=O)C=C[C@]4(C)[C@@H]3C[C@]21C. The molecule has 4 heteroatoms. The van der Waals surface area contributed by atoms with Gasteiger partial charge in [0.05, 0.1) is 0 Å². The molecule has 3 aliphatic carbocycles. The van der Waals surface area contributed by atoms with E-state index in [1.807, 2.05) is 0 Å². The summed E-state index contributed by atoms with van der Waals surface area (Å²) in [6.07, 6.45) is 10.8. The summed E-state index contributed by atoms with van der Waals surface area (Å²) in [6.45, 7) is 10.9. The zero-order chi connectivity index (χ0) is 19.6. The molecular weight excluding hydrogens is 336 g/mol. The van der Waals surface area contributed by atoms with Gasteiger partial charge in [0.25, 0.3) is 0 Å². The zero-order valence-electron chi connectivity index (χ0n) is 17.6. The summed E-state index contributed by atoms with van der Waals surface area (Å²) < 4.78 is 0. The van der Waals surface area contributed by atoms with Gasteiger partial charge in [0.1, 0.15) is 0 Å². The molecule has 1 heterocycles. The lowest BCUT2D eigenvalue weighted by atomic mass is 9.48. The van der Waals surface area contributed by atoms with E-state index in [9.17, 15) is 9.59 Å². The highest BCUT2D eigenvalue weighted by molar-refractivity contribution is 5.89. The van der Waals surface area contributed by atoms with E-state index in [0.717, 1.165) is 25.2 Å². The quantitative estimate of drug-likeness (QED) is 0.735. The number of carbonyl (C=O) groups is 2.